The molecule has 0 aliphatic carbocycles. The highest BCUT2D eigenvalue weighted by Crippen LogP contribution is 2.10. The van der Waals surface area contributed by atoms with Gasteiger partial charge in [-0.15, -0.1) is 5.10 Å². The van der Waals surface area contributed by atoms with Gasteiger partial charge in [-0.05, 0) is 25.9 Å². The molecule has 2 rings (SSSR count). The van der Waals surface area contributed by atoms with Crippen molar-refractivity contribution in [1.29, 1.82) is 0 Å². The molecular weight excluding hydrogens is 142 g/mol. The van der Waals surface area contributed by atoms with E-state index in [1.165, 1.54) is 25.9 Å². The van der Waals surface area contributed by atoms with E-state index >= 15 is 0 Å². The largest absolute Gasteiger partial charge is 0.345 e. The van der Waals surface area contributed by atoms with Gasteiger partial charge >= 0.3 is 0 Å². The maximum absolute atomic E-state index is 4.64. The minimum Gasteiger partial charge on any atom is -0.345 e. The average Bonchev–Trinajstić information content (AvgIpc) is 2.60. The van der Waals surface area contributed by atoms with E-state index in [1.54, 1.807) is 6.26 Å². The SMILES string of the molecule is c1onnc1CN1CCCC1. The Balaban J connectivity index is 1.90. The molecule has 11 heavy (non-hydrogen) atoms. The zero-order valence-electron chi connectivity index (χ0n) is 6.36. The van der Waals surface area contributed by atoms with Gasteiger partial charge in [0.1, 0.15) is 12.0 Å². The molecule has 1 aliphatic heterocycles. The van der Waals surface area contributed by atoms with Gasteiger partial charge in [0.15, 0.2) is 0 Å². The van der Waals surface area contributed by atoms with Crippen LogP contribution in [0.5, 0.6) is 0 Å². The molecule has 0 saturated carbocycles. The Labute approximate surface area is 65.2 Å². The summed E-state index contributed by atoms with van der Waals surface area (Å²) in [4.78, 5) is 2.36. The molecule has 0 amide bonds. The van der Waals surface area contributed by atoms with Crippen LogP contribution in [0.4, 0.5) is 0 Å². The maximum atomic E-state index is 4.64. The summed E-state index contributed by atoms with van der Waals surface area (Å²) >= 11 is 0. The summed E-state index contributed by atoms with van der Waals surface area (Å²) in [6, 6.07) is 0. The number of hydrogen-bond acceptors (Lipinski definition) is 4. The molecule has 0 atom stereocenters. The molecule has 0 bridgehead atoms. The maximum Gasteiger partial charge on any atom is 0.148 e. The molecule has 1 aliphatic rings. The second-order valence-electron chi connectivity index (χ2n) is 2.88. The van der Waals surface area contributed by atoms with Crippen LogP contribution in [-0.4, -0.2) is 28.4 Å². The first kappa shape index (κ1) is 6.79. The molecule has 1 aromatic rings. The first-order valence-corrected chi connectivity index (χ1v) is 3.93. The van der Waals surface area contributed by atoms with Gasteiger partial charge in [0.2, 0.25) is 0 Å². The van der Waals surface area contributed by atoms with E-state index in [-0.39, 0.29) is 0 Å². The third-order valence-electron chi connectivity index (χ3n) is 1.99. The van der Waals surface area contributed by atoms with Crippen molar-refractivity contribution in [1.82, 2.24) is 15.3 Å². The van der Waals surface area contributed by atoms with Crippen molar-refractivity contribution in [3.63, 3.8) is 0 Å². The summed E-state index contributed by atoms with van der Waals surface area (Å²) in [5.41, 5.74) is 0.937. The lowest BCUT2D eigenvalue weighted by Gasteiger charge is -2.10. The van der Waals surface area contributed by atoms with Gasteiger partial charge in [-0.25, -0.2) is 0 Å². The zero-order valence-corrected chi connectivity index (χ0v) is 6.36. The van der Waals surface area contributed by atoms with Crippen LogP contribution in [-0.2, 0) is 6.54 Å². The van der Waals surface area contributed by atoms with Crippen molar-refractivity contribution >= 4 is 0 Å². The number of rotatable bonds is 2. The molecule has 1 saturated heterocycles. The van der Waals surface area contributed by atoms with Crippen LogP contribution in [0.25, 0.3) is 0 Å². The fraction of sp³-hybridized carbons (Fsp3) is 0.714. The Morgan fingerprint density at radius 2 is 2.27 bits per heavy atom. The lowest BCUT2D eigenvalue weighted by molar-refractivity contribution is 0.327. The molecular formula is C7H11N3O. The first-order valence-electron chi connectivity index (χ1n) is 3.93. The van der Waals surface area contributed by atoms with Gasteiger partial charge in [0, 0.05) is 11.8 Å². The van der Waals surface area contributed by atoms with Crippen LogP contribution in [0, 0.1) is 0 Å². The van der Waals surface area contributed by atoms with Crippen molar-refractivity contribution in [2.75, 3.05) is 13.1 Å². The Bertz CT molecular complexity index is 203. The minimum absolute atomic E-state index is 0.892. The molecule has 0 N–H and O–H groups in total. The summed E-state index contributed by atoms with van der Waals surface area (Å²) in [5.74, 6) is 0. The Hall–Kier alpha value is -0.900. The van der Waals surface area contributed by atoms with Crippen LogP contribution in [0.3, 0.4) is 0 Å². The fourth-order valence-corrected chi connectivity index (χ4v) is 1.42. The quantitative estimate of drug-likeness (QED) is 0.626. The lowest BCUT2D eigenvalue weighted by Crippen LogP contribution is -2.18. The third-order valence-corrected chi connectivity index (χ3v) is 1.99. The van der Waals surface area contributed by atoms with Crippen LogP contribution in [0.1, 0.15) is 18.5 Å². The van der Waals surface area contributed by atoms with Gasteiger partial charge in [0.05, 0.1) is 0 Å². The monoisotopic (exact) mass is 153 g/mol. The van der Waals surface area contributed by atoms with Crippen LogP contribution in [0.15, 0.2) is 10.8 Å². The van der Waals surface area contributed by atoms with Crippen LogP contribution < -0.4 is 0 Å². The topological polar surface area (TPSA) is 42.2 Å². The number of aromatic nitrogens is 2. The van der Waals surface area contributed by atoms with Gasteiger partial charge in [-0.2, -0.15) is 0 Å². The summed E-state index contributed by atoms with van der Waals surface area (Å²) in [6.45, 7) is 3.27. The molecule has 2 heterocycles. The fourth-order valence-electron chi connectivity index (χ4n) is 1.42. The molecule has 0 unspecified atom stereocenters. The van der Waals surface area contributed by atoms with Crippen molar-refractivity contribution in [3.05, 3.63) is 12.0 Å². The van der Waals surface area contributed by atoms with Gasteiger partial charge in [0.25, 0.3) is 0 Å². The number of hydrogen-bond donors (Lipinski definition) is 0. The Kier molecular flexibility index (Phi) is 1.85. The lowest BCUT2D eigenvalue weighted by atomic mass is 10.4. The first-order chi connectivity index (χ1) is 5.45. The predicted molar refractivity (Wildman–Crippen MR) is 38.8 cm³/mol. The molecule has 1 fully saturated rings. The highest BCUT2D eigenvalue weighted by atomic mass is 16.5. The van der Waals surface area contributed by atoms with Crippen LogP contribution >= 0.6 is 0 Å². The molecule has 0 aromatic carbocycles. The third kappa shape index (κ3) is 1.57. The molecule has 0 radical (unpaired) electrons. The van der Waals surface area contributed by atoms with E-state index in [0.29, 0.717) is 0 Å². The number of nitrogens with zero attached hydrogens (tertiary/aromatic N) is 3. The average molecular weight is 153 g/mol. The van der Waals surface area contributed by atoms with Crippen molar-refractivity contribution in [3.8, 4) is 0 Å². The summed E-state index contributed by atoms with van der Waals surface area (Å²) in [5, 5.41) is 7.23. The van der Waals surface area contributed by atoms with E-state index in [4.69, 9.17) is 0 Å². The van der Waals surface area contributed by atoms with Gasteiger partial charge in [-0.1, -0.05) is 0 Å². The molecule has 1 aromatic heterocycles. The summed E-state index contributed by atoms with van der Waals surface area (Å²) in [7, 11) is 0. The second-order valence-corrected chi connectivity index (χ2v) is 2.88. The van der Waals surface area contributed by atoms with Gasteiger partial charge < -0.3 is 4.52 Å². The highest BCUT2D eigenvalue weighted by Gasteiger charge is 2.12. The van der Waals surface area contributed by atoms with Crippen LogP contribution in [0.2, 0.25) is 0 Å². The number of likely N-dealkylation sites (tertiary alicyclic amines) is 1. The van der Waals surface area contributed by atoms with E-state index in [9.17, 15) is 0 Å². The predicted octanol–water partition coefficient (Wildman–Crippen LogP) is 0.665. The molecule has 4 nitrogen and oxygen atoms in total. The van der Waals surface area contributed by atoms with Crippen molar-refractivity contribution in [2.24, 2.45) is 0 Å². The second kappa shape index (κ2) is 3.00. The Morgan fingerprint density at radius 3 is 2.91 bits per heavy atom. The van der Waals surface area contributed by atoms with Crippen molar-refractivity contribution in [2.45, 2.75) is 19.4 Å². The Morgan fingerprint density at radius 1 is 1.45 bits per heavy atom. The van der Waals surface area contributed by atoms with Gasteiger partial charge in [-0.3, -0.25) is 4.90 Å². The standard InChI is InChI=1S/C7H11N3O/c1-2-4-10(3-1)5-7-6-11-9-8-7/h6H,1-5H2. The molecule has 0 spiro atoms. The summed E-state index contributed by atoms with van der Waals surface area (Å²) < 4.78 is 4.64. The minimum atomic E-state index is 0.892. The normalized spacial score (nSPS) is 19.3. The van der Waals surface area contributed by atoms with E-state index in [2.05, 4.69) is 19.8 Å². The van der Waals surface area contributed by atoms with E-state index in [1.807, 2.05) is 0 Å². The highest BCUT2D eigenvalue weighted by molar-refractivity contribution is 4.88. The zero-order chi connectivity index (χ0) is 7.52. The molecule has 60 valence electrons. The van der Waals surface area contributed by atoms with E-state index in [0.717, 1.165) is 12.2 Å². The van der Waals surface area contributed by atoms with Crippen molar-refractivity contribution < 1.29 is 4.52 Å². The molecule has 4 heteroatoms. The summed E-state index contributed by atoms with van der Waals surface area (Å²) in [6.07, 6.45) is 4.23. The smallest absolute Gasteiger partial charge is 0.148 e. The van der Waals surface area contributed by atoms with E-state index < -0.39 is 0 Å².